The predicted molar refractivity (Wildman–Crippen MR) is 79.0 cm³/mol. The standard InChI is InChI=1S/C15H27ClN2/c1-4-15(5-2)11-18(10-12(3)8-16)14(9-17-15)13-6-7-13/h8,13-14,17H,4-7,9-11H2,1-3H3. The van der Waals surface area contributed by atoms with Gasteiger partial charge in [0.2, 0.25) is 0 Å². The molecule has 1 N–H and O–H groups in total. The summed E-state index contributed by atoms with van der Waals surface area (Å²) in [7, 11) is 0. The molecular formula is C15H27ClN2. The number of piperazine rings is 1. The van der Waals surface area contributed by atoms with Gasteiger partial charge < -0.3 is 5.32 Å². The highest BCUT2D eigenvalue weighted by Gasteiger charge is 2.42. The molecule has 3 heteroatoms. The first-order valence-electron chi connectivity index (χ1n) is 7.39. The summed E-state index contributed by atoms with van der Waals surface area (Å²) in [6.07, 6.45) is 5.25. The molecule has 1 saturated heterocycles. The molecule has 2 rings (SSSR count). The zero-order valence-corrected chi connectivity index (χ0v) is 12.8. The summed E-state index contributed by atoms with van der Waals surface area (Å²) in [5, 5.41) is 3.83. The van der Waals surface area contributed by atoms with Crippen molar-refractivity contribution >= 4 is 11.6 Å². The Bertz CT molecular complexity index is 306. The van der Waals surface area contributed by atoms with Gasteiger partial charge >= 0.3 is 0 Å². The van der Waals surface area contributed by atoms with Gasteiger partial charge in [0.25, 0.3) is 0 Å². The summed E-state index contributed by atoms with van der Waals surface area (Å²) in [4.78, 5) is 2.68. The smallest absolute Gasteiger partial charge is 0.0304 e. The van der Waals surface area contributed by atoms with Gasteiger partial charge in [0.15, 0.2) is 0 Å². The third kappa shape index (κ3) is 3.09. The Labute approximate surface area is 117 Å². The summed E-state index contributed by atoms with van der Waals surface area (Å²) in [5.41, 5.74) is 3.34. The number of hydrogen-bond acceptors (Lipinski definition) is 2. The first kappa shape index (κ1) is 14.4. The highest BCUT2D eigenvalue weighted by molar-refractivity contribution is 6.25. The van der Waals surface area contributed by atoms with Crippen molar-refractivity contribution in [1.82, 2.24) is 10.2 Å². The van der Waals surface area contributed by atoms with Crippen molar-refractivity contribution in [2.45, 2.75) is 58.0 Å². The molecule has 0 radical (unpaired) electrons. The maximum atomic E-state index is 5.85. The van der Waals surface area contributed by atoms with Gasteiger partial charge in [0.1, 0.15) is 0 Å². The van der Waals surface area contributed by atoms with Crippen LogP contribution in [0, 0.1) is 5.92 Å². The van der Waals surface area contributed by atoms with Crippen LogP contribution in [0.25, 0.3) is 0 Å². The van der Waals surface area contributed by atoms with Crippen LogP contribution in [0.15, 0.2) is 11.1 Å². The molecule has 0 amide bonds. The van der Waals surface area contributed by atoms with Crippen LogP contribution >= 0.6 is 11.6 Å². The van der Waals surface area contributed by atoms with Gasteiger partial charge in [0.05, 0.1) is 0 Å². The van der Waals surface area contributed by atoms with E-state index in [9.17, 15) is 0 Å². The molecule has 0 aromatic heterocycles. The lowest BCUT2D eigenvalue weighted by Crippen LogP contribution is -2.64. The minimum atomic E-state index is 0.317. The Kier molecular flexibility index (Phi) is 4.74. The average Bonchev–Trinajstić information content (AvgIpc) is 3.22. The third-order valence-corrected chi connectivity index (χ3v) is 5.19. The summed E-state index contributed by atoms with van der Waals surface area (Å²) in [5.74, 6) is 0.923. The first-order chi connectivity index (χ1) is 8.64. The molecule has 2 aliphatic rings. The molecule has 2 nitrogen and oxygen atoms in total. The molecule has 104 valence electrons. The lowest BCUT2D eigenvalue weighted by Gasteiger charge is -2.48. The first-order valence-corrected chi connectivity index (χ1v) is 7.82. The molecule has 0 aromatic carbocycles. The minimum Gasteiger partial charge on any atom is -0.308 e. The highest BCUT2D eigenvalue weighted by Crippen LogP contribution is 2.38. The topological polar surface area (TPSA) is 15.3 Å². The van der Waals surface area contributed by atoms with Crippen LogP contribution in [-0.2, 0) is 0 Å². The summed E-state index contributed by atoms with van der Waals surface area (Å²) in [6, 6.07) is 0.725. The van der Waals surface area contributed by atoms with Gasteiger partial charge in [-0.2, -0.15) is 0 Å². The van der Waals surface area contributed by atoms with Crippen LogP contribution in [0.4, 0.5) is 0 Å². The molecule has 0 bridgehead atoms. The average molecular weight is 271 g/mol. The maximum absolute atomic E-state index is 5.85. The fraction of sp³-hybridized carbons (Fsp3) is 0.867. The van der Waals surface area contributed by atoms with E-state index in [1.165, 1.54) is 37.8 Å². The molecule has 1 unspecified atom stereocenters. The van der Waals surface area contributed by atoms with Crippen molar-refractivity contribution in [3.8, 4) is 0 Å². The Morgan fingerprint density at radius 1 is 1.39 bits per heavy atom. The Balaban J connectivity index is 2.07. The van der Waals surface area contributed by atoms with E-state index in [1.807, 2.05) is 0 Å². The number of hydrogen-bond donors (Lipinski definition) is 1. The molecule has 0 aromatic rings. The molecule has 2 fully saturated rings. The molecular weight excluding hydrogens is 244 g/mol. The SMILES string of the molecule is CCC1(CC)CN(CC(C)=CCl)C(C2CC2)CN1. The van der Waals surface area contributed by atoms with E-state index in [4.69, 9.17) is 11.6 Å². The lowest BCUT2D eigenvalue weighted by atomic mass is 9.87. The van der Waals surface area contributed by atoms with E-state index >= 15 is 0 Å². The van der Waals surface area contributed by atoms with Gasteiger partial charge in [0, 0.05) is 36.8 Å². The normalized spacial score (nSPS) is 29.6. The number of halogens is 1. The van der Waals surface area contributed by atoms with E-state index in [1.54, 1.807) is 5.54 Å². The molecule has 0 spiro atoms. The summed E-state index contributed by atoms with van der Waals surface area (Å²) in [6.45, 7) is 10.1. The van der Waals surface area contributed by atoms with Crippen LogP contribution in [0.2, 0.25) is 0 Å². The largest absolute Gasteiger partial charge is 0.308 e. The van der Waals surface area contributed by atoms with Gasteiger partial charge in [-0.25, -0.2) is 0 Å². The third-order valence-electron chi connectivity index (χ3n) is 4.82. The van der Waals surface area contributed by atoms with Crippen LogP contribution in [-0.4, -0.2) is 36.1 Å². The second-order valence-corrected chi connectivity index (χ2v) is 6.35. The predicted octanol–water partition coefficient (Wildman–Crippen LogP) is 3.37. The Hall–Kier alpha value is -0.0500. The van der Waals surface area contributed by atoms with E-state index in [2.05, 4.69) is 31.0 Å². The number of nitrogens with zero attached hydrogens (tertiary/aromatic N) is 1. The highest BCUT2D eigenvalue weighted by atomic mass is 35.5. The van der Waals surface area contributed by atoms with Crippen molar-refractivity contribution in [1.29, 1.82) is 0 Å². The summed E-state index contributed by atoms with van der Waals surface area (Å²) >= 11 is 5.85. The lowest BCUT2D eigenvalue weighted by molar-refractivity contribution is 0.0700. The van der Waals surface area contributed by atoms with E-state index < -0.39 is 0 Å². The molecule has 18 heavy (non-hydrogen) atoms. The van der Waals surface area contributed by atoms with Gasteiger partial charge in [-0.05, 0) is 44.1 Å². The Morgan fingerprint density at radius 3 is 2.56 bits per heavy atom. The summed E-state index contributed by atoms with van der Waals surface area (Å²) < 4.78 is 0. The van der Waals surface area contributed by atoms with E-state index in [0.717, 1.165) is 25.0 Å². The second kappa shape index (κ2) is 5.94. The van der Waals surface area contributed by atoms with Crippen LogP contribution in [0.3, 0.4) is 0 Å². The Morgan fingerprint density at radius 2 is 2.06 bits per heavy atom. The maximum Gasteiger partial charge on any atom is 0.0304 e. The molecule has 1 aliphatic carbocycles. The zero-order chi connectivity index (χ0) is 13.2. The van der Waals surface area contributed by atoms with Crippen molar-refractivity contribution in [3.05, 3.63) is 11.1 Å². The van der Waals surface area contributed by atoms with Gasteiger partial charge in [-0.15, -0.1) is 0 Å². The fourth-order valence-electron chi connectivity index (χ4n) is 3.21. The molecule has 1 heterocycles. The van der Waals surface area contributed by atoms with Crippen LogP contribution in [0.1, 0.15) is 46.5 Å². The number of rotatable bonds is 5. The zero-order valence-electron chi connectivity index (χ0n) is 12.0. The van der Waals surface area contributed by atoms with Crippen LogP contribution < -0.4 is 5.32 Å². The van der Waals surface area contributed by atoms with Gasteiger partial charge in [-0.3, -0.25) is 4.90 Å². The van der Waals surface area contributed by atoms with Gasteiger partial charge in [-0.1, -0.05) is 25.4 Å². The van der Waals surface area contributed by atoms with E-state index in [-0.39, 0.29) is 0 Å². The second-order valence-electron chi connectivity index (χ2n) is 6.13. The van der Waals surface area contributed by atoms with Crippen molar-refractivity contribution in [2.75, 3.05) is 19.6 Å². The van der Waals surface area contributed by atoms with Crippen LogP contribution in [0.5, 0.6) is 0 Å². The van der Waals surface area contributed by atoms with Crippen molar-refractivity contribution in [3.63, 3.8) is 0 Å². The number of nitrogens with one attached hydrogen (secondary N) is 1. The minimum absolute atomic E-state index is 0.317. The quantitative estimate of drug-likeness (QED) is 0.824. The fourth-order valence-corrected chi connectivity index (χ4v) is 3.28. The van der Waals surface area contributed by atoms with E-state index in [0.29, 0.717) is 5.54 Å². The molecule has 1 aliphatic heterocycles. The molecule has 1 atom stereocenters. The van der Waals surface area contributed by atoms with Crippen molar-refractivity contribution < 1.29 is 0 Å². The van der Waals surface area contributed by atoms with Crippen molar-refractivity contribution in [2.24, 2.45) is 5.92 Å². The molecule has 1 saturated carbocycles. The monoisotopic (exact) mass is 270 g/mol.